The smallest absolute Gasteiger partial charge is 0.291 e. The van der Waals surface area contributed by atoms with Crippen LogP contribution >= 0.6 is 12.2 Å². The first-order valence-corrected chi connectivity index (χ1v) is 8.75. The minimum atomic E-state index is -0.310. The zero-order valence-electron chi connectivity index (χ0n) is 14.4. The third kappa shape index (κ3) is 5.65. The molecule has 5 nitrogen and oxygen atoms in total. The van der Waals surface area contributed by atoms with Crippen LogP contribution < -0.4 is 16.0 Å². The summed E-state index contributed by atoms with van der Waals surface area (Å²) in [5, 5.41) is 9.36. The van der Waals surface area contributed by atoms with Crippen molar-refractivity contribution in [2.75, 3.05) is 17.2 Å². The van der Waals surface area contributed by atoms with Crippen LogP contribution in [0.5, 0.6) is 0 Å². The SMILES string of the molecule is O=C(Nc1ccc(NC(=S)NCCc2cccc(F)c2)cc1)c1ccco1. The molecule has 0 saturated heterocycles. The molecule has 0 bridgehead atoms. The van der Waals surface area contributed by atoms with Crippen LogP contribution in [-0.2, 0) is 6.42 Å². The van der Waals surface area contributed by atoms with Crippen molar-refractivity contribution in [2.24, 2.45) is 0 Å². The molecule has 0 spiro atoms. The largest absolute Gasteiger partial charge is 0.459 e. The Morgan fingerprint density at radius 1 is 1.00 bits per heavy atom. The van der Waals surface area contributed by atoms with Gasteiger partial charge < -0.3 is 20.4 Å². The number of carbonyl (C=O) groups excluding carboxylic acids is 1. The normalized spacial score (nSPS) is 10.3. The molecule has 1 aromatic heterocycles. The lowest BCUT2D eigenvalue weighted by molar-refractivity contribution is 0.0996. The van der Waals surface area contributed by atoms with Gasteiger partial charge in [0.15, 0.2) is 10.9 Å². The summed E-state index contributed by atoms with van der Waals surface area (Å²) in [5.41, 5.74) is 2.34. The molecular formula is C20H18FN3O2S. The third-order valence-corrected chi connectivity index (χ3v) is 3.98. The molecule has 1 heterocycles. The lowest BCUT2D eigenvalue weighted by Gasteiger charge is -2.11. The van der Waals surface area contributed by atoms with E-state index in [0.717, 1.165) is 11.3 Å². The van der Waals surface area contributed by atoms with Gasteiger partial charge in [0.05, 0.1) is 6.26 Å². The Hall–Kier alpha value is -3.19. The second kappa shape index (κ2) is 8.95. The second-order valence-electron chi connectivity index (χ2n) is 5.77. The fourth-order valence-electron chi connectivity index (χ4n) is 2.43. The van der Waals surface area contributed by atoms with Gasteiger partial charge in [-0.15, -0.1) is 0 Å². The summed E-state index contributed by atoms with van der Waals surface area (Å²) >= 11 is 5.26. The van der Waals surface area contributed by atoms with Gasteiger partial charge in [0.25, 0.3) is 5.91 Å². The number of halogens is 1. The van der Waals surface area contributed by atoms with Gasteiger partial charge >= 0.3 is 0 Å². The molecule has 0 atom stereocenters. The summed E-state index contributed by atoms with van der Waals surface area (Å²) in [5.74, 6) is -0.302. The second-order valence-corrected chi connectivity index (χ2v) is 6.18. The molecular weight excluding hydrogens is 365 g/mol. The molecule has 3 N–H and O–H groups in total. The van der Waals surface area contributed by atoms with Crippen molar-refractivity contribution in [2.45, 2.75) is 6.42 Å². The molecule has 0 fully saturated rings. The van der Waals surface area contributed by atoms with Gasteiger partial charge in [0, 0.05) is 17.9 Å². The van der Waals surface area contributed by atoms with Crippen LogP contribution in [0, 0.1) is 5.82 Å². The Morgan fingerprint density at radius 2 is 1.74 bits per heavy atom. The molecule has 0 aliphatic heterocycles. The summed E-state index contributed by atoms with van der Waals surface area (Å²) in [6.07, 6.45) is 2.11. The summed E-state index contributed by atoms with van der Waals surface area (Å²) < 4.78 is 18.2. The quantitative estimate of drug-likeness (QED) is 0.557. The van der Waals surface area contributed by atoms with E-state index in [1.165, 1.54) is 18.4 Å². The van der Waals surface area contributed by atoms with Gasteiger partial charge in [-0.2, -0.15) is 0 Å². The first-order valence-electron chi connectivity index (χ1n) is 8.34. The Kier molecular flexibility index (Phi) is 6.17. The molecule has 1 amide bonds. The predicted octanol–water partition coefficient (Wildman–Crippen LogP) is 4.20. The first kappa shape index (κ1) is 18.6. The van der Waals surface area contributed by atoms with Crippen molar-refractivity contribution in [1.29, 1.82) is 0 Å². The van der Waals surface area contributed by atoms with E-state index in [-0.39, 0.29) is 17.5 Å². The zero-order chi connectivity index (χ0) is 19.1. The van der Waals surface area contributed by atoms with Gasteiger partial charge in [-0.3, -0.25) is 4.79 Å². The third-order valence-electron chi connectivity index (χ3n) is 3.73. The molecule has 0 saturated carbocycles. The fourth-order valence-corrected chi connectivity index (χ4v) is 2.65. The van der Waals surface area contributed by atoms with Crippen LogP contribution in [0.4, 0.5) is 15.8 Å². The number of thiocarbonyl (C=S) groups is 1. The summed E-state index contributed by atoms with van der Waals surface area (Å²) in [6.45, 7) is 0.590. The zero-order valence-corrected chi connectivity index (χ0v) is 15.2. The highest BCUT2D eigenvalue weighted by Crippen LogP contribution is 2.15. The first-order chi connectivity index (χ1) is 13.1. The van der Waals surface area contributed by atoms with Gasteiger partial charge in [0.2, 0.25) is 0 Å². The molecule has 2 aromatic carbocycles. The van der Waals surface area contributed by atoms with Crippen LogP contribution in [0.1, 0.15) is 16.1 Å². The molecule has 138 valence electrons. The minimum absolute atomic E-state index is 0.243. The molecule has 0 unspecified atom stereocenters. The maximum Gasteiger partial charge on any atom is 0.291 e. The van der Waals surface area contributed by atoms with Gasteiger partial charge in [-0.05, 0) is 72.7 Å². The van der Waals surface area contributed by atoms with E-state index in [1.54, 1.807) is 42.5 Å². The lowest BCUT2D eigenvalue weighted by atomic mass is 10.1. The summed E-state index contributed by atoms with van der Waals surface area (Å²) in [7, 11) is 0. The number of anilines is 2. The van der Waals surface area contributed by atoms with Gasteiger partial charge in [0.1, 0.15) is 5.82 Å². The van der Waals surface area contributed by atoms with Gasteiger partial charge in [-0.25, -0.2) is 4.39 Å². The average molecular weight is 383 g/mol. The molecule has 3 aromatic rings. The standard InChI is InChI=1S/C20H18FN3O2S/c21-15-4-1-3-14(13-15)10-11-22-20(27)24-17-8-6-16(7-9-17)23-19(25)18-5-2-12-26-18/h1-9,12-13H,10-11H2,(H,23,25)(H2,22,24,27). The average Bonchev–Trinajstić information content (AvgIpc) is 3.18. The Bertz CT molecular complexity index is 911. The van der Waals surface area contributed by atoms with Gasteiger partial charge in [-0.1, -0.05) is 12.1 Å². The van der Waals surface area contributed by atoms with Crippen molar-refractivity contribution in [3.8, 4) is 0 Å². The number of carbonyl (C=O) groups is 1. The van der Waals surface area contributed by atoms with Crippen LogP contribution in [0.15, 0.2) is 71.3 Å². The number of rotatable bonds is 6. The molecule has 0 aliphatic rings. The molecule has 0 aliphatic carbocycles. The molecule has 7 heteroatoms. The number of furan rings is 1. The number of hydrogen-bond acceptors (Lipinski definition) is 3. The van der Waals surface area contributed by atoms with Crippen molar-refractivity contribution < 1.29 is 13.6 Å². The Labute approximate surface area is 161 Å². The van der Waals surface area contributed by atoms with E-state index >= 15 is 0 Å². The van der Waals surface area contributed by atoms with Crippen LogP contribution in [0.2, 0.25) is 0 Å². The molecule has 0 radical (unpaired) electrons. The number of nitrogens with one attached hydrogen (secondary N) is 3. The predicted molar refractivity (Wildman–Crippen MR) is 107 cm³/mol. The van der Waals surface area contributed by atoms with E-state index in [1.807, 2.05) is 6.07 Å². The van der Waals surface area contributed by atoms with E-state index in [9.17, 15) is 9.18 Å². The molecule has 3 rings (SSSR count). The topological polar surface area (TPSA) is 66.3 Å². The van der Waals surface area contributed by atoms with Crippen LogP contribution in [0.3, 0.4) is 0 Å². The molecule has 27 heavy (non-hydrogen) atoms. The number of hydrogen-bond donors (Lipinski definition) is 3. The van der Waals surface area contributed by atoms with E-state index in [2.05, 4.69) is 16.0 Å². The van der Waals surface area contributed by atoms with Crippen molar-refractivity contribution in [3.05, 3.63) is 84.1 Å². The number of amides is 1. The summed E-state index contributed by atoms with van der Waals surface area (Å²) in [6, 6.07) is 16.9. The fraction of sp³-hybridized carbons (Fsp3) is 0.100. The Balaban J connectivity index is 1.44. The highest BCUT2D eigenvalue weighted by Gasteiger charge is 2.08. The Morgan fingerprint density at radius 3 is 2.41 bits per heavy atom. The maximum absolute atomic E-state index is 13.1. The van der Waals surface area contributed by atoms with Crippen molar-refractivity contribution in [3.63, 3.8) is 0 Å². The van der Waals surface area contributed by atoms with Crippen molar-refractivity contribution in [1.82, 2.24) is 5.32 Å². The summed E-state index contributed by atoms with van der Waals surface area (Å²) in [4.78, 5) is 11.9. The lowest BCUT2D eigenvalue weighted by Crippen LogP contribution is -2.30. The van der Waals surface area contributed by atoms with Crippen LogP contribution in [0.25, 0.3) is 0 Å². The highest BCUT2D eigenvalue weighted by molar-refractivity contribution is 7.80. The monoisotopic (exact) mass is 383 g/mol. The maximum atomic E-state index is 13.1. The van der Waals surface area contributed by atoms with E-state index in [0.29, 0.717) is 23.8 Å². The van der Waals surface area contributed by atoms with Crippen molar-refractivity contribution >= 4 is 34.6 Å². The van der Waals surface area contributed by atoms with E-state index in [4.69, 9.17) is 16.6 Å². The van der Waals surface area contributed by atoms with E-state index < -0.39 is 0 Å². The van der Waals surface area contributed by atoms with Crippen LogP contribution in [-0.4, -0.2) is 17.6 Å². The minimum Gasteiger partial charge on any atom is -0.459 e. The highest BCUT2D eigenvalue weighted by atomic mass is 32.1. The number of benzene rings is 2.